The van der Waals surface area contributed by atoms with E-state index in [1.807, 2.05) is 32.7 Å². The molecule has 0 saturated heterocycles. The van der Waals surface area contributed by atoms with Crippen molar-refractivity contribution in [2.75, 3.05) is 36.9 Å². The molecule has 2 aromatic rings. The number of aryl methyl sites for hydroxylation is 1. The summed E-state index contributed by atoms with van der Waals surface area (Å²) in [5.41, 5.74) is 3.57. The van der Waals surface area contributed by atoms with Crippen molar-refractivity contribution >= 4 is 27.3 Å². The van der Waals surface area contributed by atoms with Gasteiger partial charge in [0, 0.05) is 18.7 Å². The minimum atomic E-state index is -3.86. The van der Waals surface area contributed by atoms with E-state index in [1.165, 1.54) is 17.7 Å². The summed E-state index contributed by atoms with van der Waals surface area (Å²) in [6, 6.07) is 12.8. The topological polar surface area (TPSA) is 96.9 Å². The molecule has 4 N–H and O–H groups in total. The molecule has 29 heavy (non-hydrogen) atoms. The van der Waals surface area contributed by atoms with Crippen LogP contribution in [0.2, 0.25) is 0 Å². The predicted molar refractivity (Wildman–Crippen MR) is 117 cm³/mol. The third-order valence-electron chi connectivity index (χ3n) is 4.76. The Bertz CT molecular complexity index is 939. The lowest BCUT2D eigenvalue weighted by Gasteiger charge is -2.25. The molecule has 0 aliphatic heterocycles. The van der Waals surface area contributed by atoms with Crippen molar-refractivity contribution in [1.82, 2.24) is 0 Å². The Labute approximate surface area is 173 Å². The first-order valence-electron chi connectivity index (χ1n) is 9.72. The predicted octanol–water partition coefficient (Wildman–Crippen LogP) is 1.14. The number of benzene rings is 2. The second kappa shape index (κ2) is 9.87. The molecule has 0 radical (unpaired) electrons. The number of hydrogen-bond donors (Lipinski definition) is 3. The highest BCUT2D eigenvalue weighted by Gasteiger charge is 2.18. The number of nitrogens with one attached hydrogen (secondary N) is 2. The fourth-order valence-electron chi connectivity index (χ4n) is 3.22. The van der Waals surface area contributed by atoms with Gasteiger partial charge in [0.2, 0.25) is 10.0 Å². The van der Waals surface area contributed by atoms with Crippen molar-refractivity contribution in [3.63, 3.8) is 0 Å². The van der Waals surface area contributed by atoms with E-state index < -0.39 is 10.0 Å². The average Bonchev–Trinajstić information content (AvgIpc) is 2.64. The highest BCUT2D eigenvalue weighted by molar-refractivity contribution is 7.89. The van der Waals surface area contributed by atoms with E-state index in [2.05, 4.69) is 29.6 Å². The molecule has 1 atom stereocenters. The number of hydrogen-bond acceptors (Lipinski definition) is 4. The largest absolute Gasteiger partial charge is 0.370 e. The van der Waals surface area contributed by atoms with Crippen LogP contribution in [0.5, 0.6) is 0 Å². The van der Waals surface area contributed by atoms with Crippen molar-refractivity contribution in [3.8, 4) is 0 Å². The monoisotopic (exact) mass is 419 g/mol. The van der Waals surface area contributed by atoms with Gasteiger partial charge in [-0.2, -0.15) is 0 Å². The lowest BCUT2D eigenvalue weighted by Crippen LogP contribution is -3.08. The number of sulfonamides is 1. The summed E-state index contributed by atoms with van der Waals surface area (Å²) in [5, 5.41) is 8.14. The smallest absolute Gasteiger partial charge is 0.279 e. The molecular weight excluding hydrogens is 388 g/mol. The van der Waals surface area contributed by atoms with Crippen LogP contribution in [0, 0.1) is 6.92 Å². The van der Waals surface area contributed by atoms with Gasteiger partial charge < -0.3 is 15.1 Å². The second-order valence-electron chi connectivity index (χ2n) is 7.24. The molecule has 0 heterocycles. The number of rotatable bonds is 9. The highest BCUT2D eigenvalue weighted by atomic mass is 32.2. The highest BCUT2D eigenvalue weighted by Crippen LogP contribution is 2.28. The van der Waals surface area contributed by atoms with Gasteiger partial charge >= 0.3 is 0 Å². The van der Waals surface area contributed by atoms with Gasteiger partial charge in [-0.15, -0.1) is 0 Å². The number of nitrogens with zero attached hydrogens (tertiary/aromatic N) is 1. The van der Waals surface area contributed by atoms with Crippen molar-refractivity contribution < 1.29 is 18.1 Å². The lowest BCUT2D eigenvalue weighted by molar-refractivity contribution is -0.885. The molecular formula is C21H31N4O3S+. The minimum absolute atomic E-state index is 0.0240. The summed E-state index contributed by atoms with van der Waals surface area (Å²) in [6.07, 6.45) is 0. The zero-order valence-electron chi connectivity index (χ0n) is 17.5. The molecule has 7 nitrogen and oxygen atoms in total. The SMILES string of the molecule is CCN(CC)c1ccc(S(N)(=O)=O)cc1NC(=O)C[NH+](C)Cc1ccc(C)cc1. The fraction of sp³-hybridized carbons (Fsp3) is 0.381. The molecule has 0 saturated carbocycles. The number of likely N-dealkylation sites (N-methyl/N-ethyl adjacent to an activating group) is 1. The number of anilines is 2. The Morgan fingerprint density at radius 1 is 1.10 bits per heavy atom. The normalized spacial score (nSPS) is 12.4. The molecule has 1 amide bonds. The standard InChI is InChI=1S/C21H30N4O3S/c1-5-25(6-2)20-12-11-18(29(22,27)28)13-19(20)23-21(26)15-24(4)14-17-9-7-16(3)8-10-17/h7-13H,5-6,14-15H2,1-4H3,(H,23,26)(H2,22,27,28)/p+1. The first-order valence-corrected chi connectivity index (χ1v) is 11.3. The molecule has 0 aliphatic rings. The molecule has 0 aromatic heterocycles. The third-order valence-corrected chi connectivity index (χ3v) is 5.67. The van der Waals surface area contributed by atoms with Gasteiger partial charge in [0.25, 0.3) is 5.91 Å². The van der Waals surface area contributed by atoms with E-state index in [0.29, 0.717) is 12.2 Å². The van der Waals surface area contributed by atoms with Crippen LogP contribution in [0.3, 0.4) is 0 Å². The molecule has 158 valence electrons. The van der Waals surface area contributed by atoms with Crippen LogP contribution in [0.4, 0.5) is 11.4 Å². The zero-order valence-corrected chi connectivity index (χ0v) is 18.3. The van der Waals surface area contributed by atoms with E-state index in [9.17, 15) is 13.2 Å². The van der Waals surface area contributed by atoms with Gasteiger partial charge in [-0.05, 0) is 39.0 Å². The van der Waals surface area contributed by atoms with Crippen molar-refractivity contribution in [1.29, 1.82) is 0 Å². The molecule has 2 aromatic carbocycles. The zero-order chi connectivity index (χ0) is 21.6. The van der Waals surface area contributed by atoms with Crippen LogP contribution in [-0.4, -0.2) is 41.0 Å². The van der Waals surface area contributed by atoms with E-state index in [1.54, 1.807) is 6.07 Å². The van der Waals surface area contributed by atoms with Gasteiger partial charge in [-0.3, -0.25) is 4.79 Å². The van der Waals surface area contributed by atoms with E-state index in [4.69, 9.17) is 5.14 Å². The summed E-state index contributed by atoms with van der Waals surface area (Å²) >= 11 is 0. The number of nitrogens with two attached hydrogens (primary N) is 1. The maximum atomic E-state index is 12.6. The van der Waals surface area contributed by atoms with Crippen LogP contribution >= 0.6 is 0 Å². The molecule has 0 fully saturated rings. The third kappa shape index (κ3) is 6.56. The first kappa shape index (κ1) is 22.9. The average molecular weight is 420 g/mol. The summed E-state index contributed by atoms with van der Waals surface area (Å²) in [4.78, 5) is 15.7. The lowest BCUT2D eigenvalue weighted by atomic mass is 10.1. The summed E-state index contributed by atoms with van der Waals surface area (Å²) in [6.45, 7) is 8.47. The van der Waals surface area contributed by atoms with Crippen LogP contribution in [0.1, 0.15) is 25.0 Å². The molecule has 0 aliphatic carbocycles. The summed E-state index contributed by atoms with van der Waals surface area (Å²) in [5.74, 6) is -0.186. The minimum Gasteiger partial charge on any atom is -0.370 e. The number of carbonyl (C=O) groups is 1. The van der Waals surface area contributed by atoms with Crippen molar-refractivity contribution in [2.45, 2.75) is 32.2 Å². The Kier molecular flexibility index (Phi) is 7.78. The Morgan fingerprint density at radius 3 is 2.28 bits per heavy atom. The van der Waals surface area contributed by atoms with Gasteiger partial charge in [0.05, 0.1) is 23.3 Å². The molecule has 0 spiro atoms. The van der Waals surface area contributed by atoms with Crippen LogP contribution < -0.4 is 20.3 Å². The van der Waals surface area contributed by atoms with E-state index in [-0.39, 0.29) is 17.3 Å². The number of quaternary nitrogens is 1. The van der Waals surface area contributed by atoms with Crippen molar-refractivity contribution in [2.24, 2.45) is 5.14 Å². The van der Waals surface area contributed by atoms with Crippen LogP contribution in [-0.2, 0) is 21.4 Å². The van der Waals surface area contributed by atoms with Gasteiger partial charge in [-0.25, -0.2) is 13.6 Å². The Hall–Kier alpha value is -2.42. The van der Waals surface area contributed by atoms with E-state index in [0.717, 1.165) is 29.2 Å². The second-order valence-corrected chi connectivity index (χ2v) is 8.80. The molecule has 2 rings (SSSR count). The maximum absolute atomic E-state index is 12.6. The van der Waals surface area contributed by atoms with Crippen LogP contribution in [0.25, 0.3) is 0 Å². The fourth-order valence-corrected chi connectivity index (χ4v) is 3.76. The quantitative estimate of drug-likeness (QED) is 0.568. The Morgan fingerprint density at radius 2 is 1.72 bits per heavy atom. The molecule has 8 heteroatoms. The van der Waals surface area contributed by atoms with Crippen LogP contribution in [0.15, 0.2) is 47.4 Å². The van der Waals surface area contributed by atoms with E-state index >= 15 is 0 Å². The molecule has 0 bridgehead atoms. The van der Waals surface area contributed by atoms with Gasteiger partial charge in [0.15, 0.2) is 6.54 Å². The van der Waals surface area contributed by atoms with Gasteiger partial charge in [-0.1, -0.05) is 29.8 Å². The number of primary sulfonamides is 1. The summed E-state index contributed by atoms with van der Waals surface area (Å²) < 4.78 is 23.5. The number of carbonyl (C=O) groups excluding carboxylic acids is 1. The maximum Gasteiger partial charge on any atom is 0.279 e. The Balaban J connectivity index is 2.17. The first-order chi connectivity index (χ1) is 13.6. The van der Waals surface area contributed by atoms with Crippen molar-refractivity contribution in [3.05, 3.63) is 53.6 Å². The summed E-state index contributed by atoms with van der Waals surface area (Å²) in [7, 11) is -1.91. The van der Waals surface area contributed by atoms with Gasteiger partial charge in [0.1, 0.15) is 6.54 Å². The number of amides is 1. The molecule has 1 unspecified atom stereocenters.